The van der Waals surface area contributed by atoms with Crippen molar-refractivity contribution in [2.75, 3.05) is 11.4 Å². The number of nitro benzene ring substituents is 1. The second kappa shape index (κ2) is 8.14. The highest BCUT2D eigenvalue weighted by atomic mass is 16.6. The van der Waals surface area contributed by atoms with Crippen molar-refractivity contribution in [3.63, 3.8) is 0 Å². The lowest BCUT2D eigenvalue weighted by Gasteiger charge is -2.23. The number of non-ortho nitro benzene ring substituents is 1. The molecular weight excluding hydrogens is 368 g/mol. The van der Waals surface area contributed by atoms with Crippen LogP contribution in [-0.4, -0.2) is 22.5 Å². The molecule has 0 heterocycles. The van der Waals surface area contributed by atoms with Crippen LogP contribution in [0.25, 0.3) is 11.1 Å². The van der Waals surface area contributed by atoms with Crippen molar-refractivity contribution in [1.29, 1.82) is 0 Å². The number of amides is 1. The molecule has 0 aromatic heterocycles. The number of benzene rings is 3. The number of hydrogen-bond acceptors (Lipinski definition) is 4. The van der Waals surface area contributed by atoms with E-state index in [1.165, 1.54) is 12.1 Å². The predicted octanol–water partition coefficient (Wildman–Crippen LogP) is 5.25. The van der Waals surface area contributed by atoms with Crippen LogP contribution in [0.2, 0.25) is 0 Å². The van der Waals surface area contributed by atoms with E-state index in [4.69, 9.17) is 0 Å². The van der Waals surface area contributed by atoms with Gasteiger partial charge in [-0.1, -0.05) is 24.3 Å². The van der Waals surface area contributed by atoms with Crippen molar-refractivity contribution in [1.82, 2.24) is 0 Å². The van der Waals surface area contributed by atoms with Crippen LogP contribution in [0.1, 0.15) is 28.4 Å². The molecule has 1 N–H and O–H groups in total. The molecule has 3 rings (SSSR count). The third-order valence-electron chi connectivity index (χ3n) is 4.88. The van der Waals surface area contributed by atoms with E-state index in [0.29, 0.717) is 17.8 Å². The van der Waals surface area contributed by atoms with Gasteiger partial charge in [-0.2, -0.15) is 0 Å². The first-order valence-corrected chi connectivity index (χ1v) is 9.28. The molecule has 6 nitrogen and oxygen atoms in total. The van der Waals surface area contributed by atoms with Gasteiger partial charge < -0.3 is 10.0 Å². The van der Waals surface area contributed by atoms with Crippen LogP contribution in [0, 0.1) is 24.0 Å². The first-order valence-electron chi connectivity index (χ1n) is 9.28. The van der Waals surface area contributed by atoms with Crippen LogP contribution >= 0.6 is 0 Å². The van der Waals surface area contributed by atoms with Crippen LogP contribution in [0.15, 0.2) is 60.7 Å². The van der Waals surface area contributed by atoms with Crippen molar-refractivity contribution in [2.45, 2.75) is 20.8 Å². The number of aryl methyl sites for hydroxylation is 2. The van der Waals surface area contributed by atoms with Crippen LogP contribution in [0.4, 0.5) is 11.4 Å². The topological polar surface area (TPSA) is 83.7 Å². The Morgan fingerprint density at radius 3 is 2.00 bits per heavy atom. The maximum Gasteiger partial charge on any atom is 0.269 e. The van der Waals surface area contributed by atoms with E-state index in [0.717, 1.165) is 22.3 Å². The zero-order valence-corrected chi connectivity index (χ0v) is 16.5. The van der Waals surface area contributed by atoms with Crippen molar-refractivity contribution >= 4 is 17.3 Å². The molecule has 1 amide bonds. The number of hydrogen-bond donors (Lipinski definition) is 1. The van der Waals surface area contributed by atoms with Gasteiger partial charge in [0.1, 0.15) is 5.75 Å². The van der Waals surface area contributed by atoms with Crippen molar-refractivity contribution < 1.29 is 14.8 Å². The molecule has 0 aliphatic rings. The first kappa shape index (κ1) is 20.1. The van der Waals surface area contributed by atoms with Gasteiger partial charge in [0.15, 0.2) is 0 Å². The van der Waals surface area contributed by atoms with E-state index in [1.54, 1.807) is 29.2 Å². The Labute approximate surface area is 169 Å². The van der Waals surface area contributed by atoms with Crippen LogP contribution < -0.4 is 4.90 Å². The normalized spacial score (nSPS) is 10.6. The summed E-state index contributed by atoms with van der Waals surface area (Å²) >= 11 is 0. The number of carbonyl (C=O) groups is 1. The second-order valence-corrected chi connectivity index (χ2v) is 6.85. The fraction of sp³-hybridized carbons (Fsp3) is 0.174. The highest BCUT2D eigenvalue weighted by Crippen LogP contribution is 2.29. The van der Waals surface area contributed by atoms with Crippen LogP contribution in [-0.2, 0) is 0 Å². The largest absolute Gasteiger partial charge is 0.508 e. The standard InChI is InChI=1S/C23H22N2O4/c1-4-24(19-7-9-20(10-8-19)25(28)29)23(27)22-15(2)13-18(14-16(22)3)17-5-11-21(26)12-6-17/h5-14,26H,4H2,1-3H3. The summed E-state index contributed by atoms with van der Waals surface area (Å²) in [5.41, 5.74) is 4.84. The minimum absolute atomic E-state index is 0.0112. The lowest BCUT2D eigenvalue weighted by Crippen LogP contribution is -2.31. The van der Waals surface area contributed by atoms with Crippen molar-refractivity contribution in [3.8, 4) is 16.9 Å². The van der Waals surface area contributed by atoms with E-state index >= 15 is 0 Å². The third kappa shape index (κ3) is 4.11. The molecule has 6 heteroatoms. The average molecular weight is 390 g/mol. The molecule has 3 aromatic rings. The van der Waals surface area contributed by atoms with E-state index in [1.807, 2.05) is 45.0 Å². The summed E-state index contributed by atoms with van der Waals surface area (Å²) in [5.74, 6) is 0.0595. The summed E-state index contributed by atoms with van der Waals surface area (Å²) in [4.78, 5) is 25.3. The zero-order valence-electron chi connectivity index (χ0n) is 16.5. The molecule has 0 atom stereocenters. The Morgan fingerprint density at radius 2 is 1.52 bits per heavy atom. The maximum atomic E-state index is 13.3. The number of nitro groups is 1. The molecule has 0 unspecified atom stereocenters. The lowest BCUT2D eigenvalue weighted by molar-refractivity contribution is -0.384. The molecule has 0 aliphatic carbocycles. The Morgan fingerprint density at radius 1 is 0.966 bits per heavy atom. The van der Waals surface area contributed by atoms with Crippen LogP contribution in [0.3, 0.4) is 0 Å². The van der Waals surface area contributed by atoms with Gasteiger partial charge in [-0.25, -0.2) is 0 Å². The summed E-state index contributed by atoms with van der Waals surface area (Å²) in [5, 5.41) is 20.4. The fourth-order valence-corrected chi connectivity index (χ4v) is 3.45. The summed E-state index contributed by atoms with van der Waals surface area (Å²) in [6.45, 7) is 6.10. The Balaban J connectivity index is 1.96. The van der Waals surface area contributed by atoms with Gasteiger partial charge in [0.2, 0.25) is 0 Å². The molecular formula is C23H22N2O4. The van der Waals surface area contributed by atoms with Gasteiger partial charge >= 0.3 is 0 Å². The Bertz CT molecular complexity index is 1030. The minimum atomic E-state index is -0.460. The number of aromatic hydroxyl groups is 1. The summed E-state index contributed by atoms with van der Waals surface area (Å²) < 4.78 is 0. The number of anilines is 1. The smallest absolute Gasteiger partial charge is 0.269 e. The molecule has 0 spiro atoms. The molecule has 0 saturated carbocycles. The maximum absolute atomic E-state index is 13.3. The van der Waals surface area contributed by atoms with Crippen LogP contribution in [0.5, 0.6) is 5.75 Å². The molecule has 0 aliphatic heterocycles. The zero-order chi connectivity index (χ0) is 21.1. The molecule has 3 aromatic carbocycles. The number of phenolic OH excluding ortho intramolecular Hbond substituents is 1. The molecule has 0 bridgehead atoms. The highest BCUT2D eigenvalue weighted by molar-refractivity contribution is 6.08. The fourth-order valence-electron chi connectivity index (χ4n) is 3.45. The first-order chi connectivity index (χ1) is 13.8. The number of phenols is 1. The Hall–Kier alpha value is -3.67. The summed E-state index contributed by atoms with van der Waals surface area (Å²) in [7, 11) is 0. The molecule has 0 radical (unpaired) electrons. The van der Waals surface area contributed by atoms with E-state index in [9.17, 15) is 20.0 Å². The van der Waals surface area contributed by atoms with E-state index in [-0.39, 0.29) is 17.3 Å². The lowest BCUT2D eigenvalue weighted by atomic mass is 9.94. The van der Waals surface area contributed by atoms with E-state index in [2.05, 4.69) is 0 Å². The number of rotatable bonds is 5. The monoisotopic (exact) mass is 390 g/mol. The molecule has 0 saturated heterocycles. The van der Waals surface area contributed by atoms with Crippen molar-refractivity contribution in [2.24, 2.45) is 0 Å². The summed E-state index contributed by atoms with van der Waals surface area (Å²) in [6, 6.07) is 16.8. The highest BCUT2D eigenvalue weighted by Gasteiger charge is 2.21. The van der Waals surface area contributed by atoms with Gasteiger partial charge in [-0.15, -0.1) is 0 Å². The third-order valence-corrected chi connectivity index (χ3v) is 4.88. The predicted molar refractivity (Wildman–Crippen MR) is 113 cm³/mol. The van der Waals surface area contributed by atoms with Gasteiger partial charge in [0.05, 0.1) is 4.92 Å². The quantitative estimate of drug-likeness (QED) is 0.476. The van der Waals surface area contributed by atoms with Gasteiger partial charge in [0, 0.05) is 29.9 Å². The number of carbonyl (C=O) groups excluding carboxylic acids is 1. The van der Waals surface area contributed by atoms with Gasteiger partial charge in [-0.3, -0.25) is 14.9 Å². The van der Waals surface area contributed by atoms with Crippen molar-refractivity contribution in [3.05, 3.63) is 87.5 Å². The SMILES string of the molecule is CCN(C(=O)c1c(C)cc(-c2ccc(O)cc2)cc1C)c1ccc([N+](=O)[O-])cc1. The minimum Gasteiger partial charge on any atom is -0.508 e. The van der Waals surface area contributed by atoms with Gasteiger partial charge in [0.25, 0.3) is 11.6 Å². The molecule has 0 fully saturated rings. The molecule has 148 valence electrons. The Kier molecular flexibility index (Phi) is 5.64. The van der Waals surface area contributed by atoms with Gasteiger partial charge in [-0.05, 0) is 67.3 Å². The average Bonchev–Trinajstić information content (AvgIpc) is 2.69. The second-order valence-electron chi connectivity index (χ2n) is 6.85. The number of nitrogens with zero attached hydrogens (tertiary/aromatic N) is 2. The van der Waals surface area contributed by atoms with E-state index < -0.39 is 4.92 Å². The summed E-state index contributed by atoms with van der Waals surface area (Å²) in [6.07, 6.45) is 0. The molecule has 29 heavy (non-hydrogen) atoms.